The number of benzene rings is 2. The molecule has 3 rings (SSSR count). The molecular weight excluding hydrogens is 359 g/mol. The van der Waals surface area contributed by atoms with E-state index in [4.69, 9.17) is 32.7 Å². The Morgan fingerprint density at radius 2 is 1.76 bits per heavy atom. The lowest BCUT2D eigenvalue weighted by Gasteiger charge is -2.07. The van der Waals surface area contributed by atoms with E-state index in [2.05, 4.69) is 9.97 Å². The molecule has 0 bridgehead atoms. The molecule has 0 aliphatic heterocycles. The van der Waals surface area contributed by atoms with Crippen molar-refractivity contribution in [3.63, 3.8) is 0 Å². The standard InChI is InChI=1S/C19H16Cl2N2O2/c1-24-17-7-3-12(9-18(17)25-2)4-8-19-22-11-16(23-19)14-6-5-13(20)10-15(14)21/h3-11H,1-2H3,(H,22,23)/b8-4+. The van der Waals surface area contributed by atoms with E-state index in [1.165, 1.54) is 0 Å². The highest BCUT2D eigenvalue weighted by Gasteiger charge is 2.08. The van der Waals surface area contributed by atoms with Crippen LogP contribution in [-0.4, -0.2) is 24.2 Å². The molecule has 0 amide bonds. The molecule has 2 aromatic carbocycles. The molecule has 0 saturated heterocycles. The molecule has 0 unspecified atom stereocenters. The van der Waals surface area contributed by atoms with Gasteiger partial charge in [0.25, 0.3) is 0 Å². The Hall–Kier alpha value is -2.43. The SMILES string of the molecule is COc1ccc(/C=C/c2nc(-c3ccc(Cl)cc3Cl)c[nH]2)cc1OC. The zero-order valence-electron chi connectivity index (χ0n) is 13.7. The van der Waals surface area contributed by atoms with E-state index in [1.54, 1.807) is 26.4 Å². The minimum Gasteiger partial charge on any atom is -0.493 e. The summed E-state index contributed by atoms with van der Waals surface area (Å²) >= 11 is 12.2. The van der Waals surface area contributed by atoms with Gasteiger partial charge in [-0.2, -0.15) is 0 Å². The molecule has 0 aliphatic carbocycles. The molecule has 0 aliphatic rings. The summed E-state index contributed by atoms with van der Waals surface area (Å²) < 4.78 is 10.5. The van der Waals surface area contributed by atoms with E-state index < -0.39 is 0 Å². The predicted octanol–water partition coefficient (Wildman–Crippen LogP) is 5.57. The minimum atomic E-state index is 0.564. The maximum atomic E-state index is 6.23. The Kier molecular flexibility index (Phi) is 5.31. The second-order valence-corrected chi connectivity index (χ2v) is 6.09. The number of hydrogen-bond donors (Lipinski definition) is 1. The number of hydrogen-bond acceptors (Lipinski definition) is 3. The summed E-state index contributed by atoms with van der Waals surface area (Å²) in [7, 11) is 3.22. The van der Waals surface area contributed by atoms with Crippen LogP contribution < -0.4 is 9.47 Å². The van der Waals surface area contributed by atoms with Crippen LogP contribution in [0.5, 0.6) is 11.5 Å². The smallest absolute Gasteiger partial charge is 0.161 e. The lowest BCUT2D eigenvalue weighted by atomic mass is 10.2. The fourth-order valence-corrected chi connectivity index (χ4v) is 2.89. The van der Waals surface area contributed by atoms with Crippen molar-refractivity contribution in [2.24, 2.45) is 0 Å². The van der Waals surface area contributed by atoms with Crippen molar-refractivity contribution in [2.45, 2.75) is 0 Å². The van der Waals surface area contributed by atoms with Crippen LogP contribution in [0.25, 0.3) is 23.4 Å². The van der Waals surface area contributed by atoms with Crippen molar-refractivity contribution in [2.75, 3.05) is 14.2 Å². The van der Waals surface area contributed by atoms with E-state index in [1.807, 2.05) is 42.6 Å². The van der Waals surface area contributed by atoms with E-state index in [-0.39, 0.29) is 0 Å². The molecule has 1 aromatic heterocycles. The number of halogens is 2. The number of ether oxygens (including phenoxy) is 2. The first-order valence-corrected chi connectivity index (χ1v) is 8.27. The lowest BCUT2D eigenvalue weighted by Crippen LogP contribution is -1.90. The van der Waals surface area contributed by atoms with Gasteiger partial charge in [-0.3, -0.25) is 0 Å². The van der Waals surface area contributed by atoms with Crippen molar-refractivity contribution in [1.82, 2.24) is 9.97 Å². The minimum absolute atomic E-state index is 0.564. The fourth-order valence-electron chi connectivity index (χ4n) is 2.39. The summed E-state index contributed by atoms with van der Waals surface area (Å²) in [6.45, 7) is 0. The molecule has 0 fully saturated rings. The Bertz CT molecular complexity index is 920. The third-order valence-electron chi connectivity index (χ3n) is 3.65. The molecule has 0 radical (unpaired) electrons. The Labute approximate surface area is 156 Å². The highest BCUT2D eigenvalue weighted by molar-refractivity contribution is 6.36. The Morgan fingerprint density at radius 3 is 2.48 bits per heavy atom. The Balaban J connectivity index is 1.82. The zero-order valence-corrected chi connectivity index (χ0v) is 15.2. The molecule has 0 spiro atoms. The normalized spacial score (nSPS) is 11.0. The lowest BCUT2D eigenvalue weighted by molar-refractivity contribution is 0.355. The van der Waals surface area contributed by atoms with Crippen molar-refractivity contribution < 1.29 is 9.47 Å². The van der Waals surface area contributed by atoms with Gasteiger partial charge in [0.05, 0.1) is 24.9 Å². The molecule has 0 atom stereocenters. The van der Waals surface area contributed by atoms with Crippen molar-refractivity contribution in [3.8, 4) is 22.8 Å². The van der Waals surface area contributed by atoms with Crippen LogP contribution in [0.1, 0.15) is 11.4 Å². The number of aromatic amines is 1. The monoisotopic (exact) mass is 374 g/mol. The summed E-state index contributed by atoms with van der Waals surface area (Å²) in [5.74, 6) is 2.09. The molecule has 25 heavy (non-hydrogen) atoms. The van der Waals surface area contributed by atoms with Gasteiger partial charge < -0.3 is 14.5 Å². The molecule has 1 heterocycles. The van der Waals surface area contributed by atoms with E-state index >= 15 is 0 Å². The summed E-state index contributed by atoms with van der Waals surface area (Å²) in [5, 5.41) is 1.16. The maximum Gasteiger partial charge on any atom is 0.161 e. The zero-order chi connectivity index (χ0) is 17.8. The van der Waals surface area contributed by atoms with Gasteiger partial charge in [-0.1, -0.05) is 35.3 Å². The average molecular weight is 375 g/mol. The topological polar surface area (TPSA) is 47.1 Å². The highest BCUT2D eigenvalue weighted by Crippen LogP contribution is 2.30. The third kappa shape index (κ3) is 3.98. The molecule has 6 heteroatoms. The number of methoxy groups -OCH3 is 2. The average Bonchev–Trinajstić information content (AvgIpc) is 3.08. The summed E-state index contributed by atoms with van der Waals surface area (Å²) in [5.41, 5.74) is 2.56. The van der Waals surface area contributed by atoms with E-state index in [0.717, 1.165) is 22.6 Å². The number of nitrogens with one attached hydrogen (secondary N) is 1. The first kappa shape index (κ1) is 17.4. The molecular formula is C19H16Cl2N2O2. The van der Waals surface area contributed by atoms with Gasteiger partial charge in [0.2, 0.25) is 0 Å². The fraction of sp³-hybridized carbons (Fsp3) is 0.105. The highest BCUT2D eigenvalue weighted by atomic mass is 35.5. The van der Waals surface area contributed by atoms with Crippen LogP contribution in [0.3, 0.4) is 0 Å². The van der Waals surface area contributed by atoms with Crippen LogP contribution in [0.2, 0.25) is 10.0 Å². The number of nitrogens with zero attached hydrogens (tertiary/aromatic N) is 1. The molecule has 1 N–H and O–H groups in total. The third-order valence-corrected chi connectivity index (χ3v) is 4.19. The van der Waals surface area contributed by atoms with Crippen LogP contribution in [0, 0.1) is 0 Å². The predicted molar refractivity (Wildman–Crippen MR) is 103 cm³/mol. The summed E-state index contributed by atoms with van der Waals surface area (Å²) in [6.07, 6.45) is 5.63. The van der Waals surface area contributed by atoms with Crippen LogP contribution in [0.4, 0.5) is 0 Å². The van der Waals surface area contributed by atoms with Gasteiger partial charge in [0.1, 0.15) is 5.82 Å². The number of rotatable bonds is 5. The maximum absolute atomic E-state index is 6.23. The van der Waals surface area contributed by atoms with Gasteiger partial charge in [0.15, 0.2) is 11.5 Å². The van der Waals surface area contributed by atoms with Gasteiger partial charge in [-0.25, -0.2) is 4.98 Å². The quantitative estimate of drug-likeness (QED) is 0.634. The first-order chi connectivity index (χ1) is 12.1. The van der Waals surface area contributed by atoms with Gasteiger partial charge in [-0.15, -0.1) is 0 Å². The molecule has 4 nitrogen and oxygen atoms in total. The van der Waals surface area contributed by atoms with Gasteiger partial charge in [-0.05, 0) is 42.0 Å². The van der Waals surface area contributed by atoms with E-state index in [0.29, 0.717) is 21.5 Å². The summed E-state index contributed by atoms with van der Waals surface area (Å²) in [4.78, 5) is 7.66. The van der Waals surface area contributed by atoms with Gasteiger partial charge in [0, 0.05) is 16.8 Å². The largest absolute Gasteiger partial charge is 0.493 e. The molecule has 0 saturated carbocycles. The summed E-state index contributed by atoms with van der Waals surface area (Å²) in [6, 6.07) is 11.0. The van der Waals surface area contributed by atoms with Crippen LogP contribution >= 0.6 is 23.2 Å². The van der Waals surface area contributed by atoms with Crippen molar-refractivity contribution in [1.29, 1.82) is 0 Å². The number of imidazole rings is 1. The van der Waals surface area contributed by atoms with Crippen molar-refractivity contribution >= 4 is 35.4 Å². The number of aromatic nitrogens is 2. The second kappa shape index (κ2) is 7.64. The second-order valence-electron chi connectivity index (χ2n) is 5.24. The van der Waals surface area contributed by atoms with Crippen molar-refractivity contribution in [3.05, 3.63) is 64.0 Å². The molecule has 128 valence electrons. The van der Waals surface area contributed by atoms with Crippen LogP contribution in [0.15, 0.2) is 42.6 Å². The van der Waals surface area contributed by atoms with Crippen LogP contribution in [-0.2, 0) is 0 Å². The first-order valence-electron chi connectivity index (χ1n) is 7.51. The van der Waals surface area contributed by atoms with Gasteiger partial charge >= 0.3 is 0 Å². The van der Waals surface area contributed by atoms with E-state index in [9.17, 15) is 0 Å². The Morgan fingerprint density at radius 1 is 0.960 bits per heavy atom. The molecule has 3 aromatic rings. The number of H-pyrrole nitrogens is 1.